The first-order valence-electron chi connectivity index (χ1n) is 8.87. The lowest BCUT2D eigenvalue weighted by molar-refractivity contribution is -0.352. The van der Waals surface area contributed by atoms with Crippen LogP contribution < -0.4 is 10.6 Å². The molecule has 0 saturated carbocycles. The van der Waals surface area contributed by atoms with Crippen molar-refractivity contribution in [2.45, 2.75) is 56.5 Å². The monoisotopic (exact) mass is 442 g/mol. The number of rotatable bonds is 5. The molecule has 1 aliphatic rings. The Kier molecular flexibility index (Phi) is 6.46. The predicted molar refractivity (Wildman–Crippen MR) is 95.3 cm³/mol. The van der Waals surface area contributed by atoms with Crippen molar-refractivity contribution in [1.29, 1.82) is 0 Å². The number of alkyl halides is 7. The van der Waals surface area contributed by atoms with E-state index in [0.717, 1.165) is 0 Å². The number of nitrogens with one attached hydrogen (secondary N) is 2. The van der Waals surface area contributed by atoms with Gasteiger partial charge in [-0.25, -0.2) is 4.79 Å². The lowest BCUT2D eigenvalue weighted by Gasteiger charge is -2.34. The summed E-state index contributed by atoms with van der Waals surface area (Å²) in [7, 11) is 0. The lowest BCUT2D eigenvalue weighted by atomic mass is 9.89. The number of carbonyl (C=O) groups is 1. The van der Waals surface area contributed by atoms with E-state index in [0.29, 0.717) is 11.1 Å². The molecule has 0 aromatic heterocycles. The minimum atomic E-state index is -6.42. The molecule has 30 heavy (non-hydrogen) atoms. The second-order valence-corrected chi connectivity index (χ2v) is 7.80. The molecule has 0 fully saturated rings. The zero-order valence-electron chi connectivity index (χ0n) is 16.3. The summed E-state index contributed by atoms with van der Waals surface area (Å²) < 4.78 is 95.9. The summed E-state index contributed by atoms with van der Waals surface area (Å²) in [5.74, 6) is -11.6. The average molecular weight is 442 g/mol. The quantitative estimate of drug-likeness (QED) is 0.626. The molecule has 2 N–H and O–H groups in total. The van der Waals surface area contributed by atoms with Crippen LogP contribution in [0.3, 0.4) is 0 Å². The molecule has 0 unspecified atom stereocenters. The molecular formula is C19H21F7N2O2. The molecular weight excluding hydrogens is 421 g/mol. The summed E-state index contributed by atoms with van der Waals surface area (Å²) in [5.41, 5.74) is 0.192. The smallest absolute Gasteiger partial charge is 0.444 e. The van der Waals surface area contributed by atoms with Gasteiger partial charge < -0.3 is 15.4 Å². The maximum absolute atomic E-state index is 13.7. The Morgan fingerprint density at radius 2 is 1.63 bits per heavy atom. The van der Waals surface area contributed by atoms with Crippen molar-refractivity contribution in [1.82, 2.24) is 10.6 Å². The van der Waals surface area contributed by atoms with Crippen molar-refractivity contribution in [3.8, 4) is 0 Å². The van der Waals surface area contributed by atoms with Crippen LogP contribution in [0.4, 0.5) is 35.5 Å². The fourth-order valence-electron chi connectivity index (χ4n) is 2.81. The Bertz CT molecular complexity index is 801. The first kappa shape index (κ1) is 24.0. The third-order valence-corrected chi connectivity index (χ3v) is 4.22. The Labute approximate surface area is 168 Å². The highest BCUT2D eigenvalue weighted by Crippen LogP contribution is 2.46. The van der Waals surface area contributed by atoms with E-state index in [2.05, 4.69) is 5.32 Å². The molecule has 2 atom stereocenters. The summed E-state index contributed by atoms with van der Waals surface area (Å²) in [6.45, 7) is 2.81. The normalized spacial score (nSPS) is 19.9. The predicted octanol–water partition coefficient (Wildman–Crippen LogP) is 5.07. The summed E-state index contributed by atoms with van der Waals surface area (Å²) in [5, 5.41) is 4.47. The maximum Gasteiger partial charge on any atom is 0.459 e. The molecule has 1 amide bonds. The van der Waals surface area contributed by atoms with Crippen molar-refractivity contribution >= 4 is 12.2 Å². The summed E-state index contributed by atoms with van der Waals surface area (Å²) in [6, 6.07) is 4.28. The van der Waals surface area contributed by atoms with Gasteiger partial charge in [-0.1, -0.05) is 36.4 Å². The number of alkyl carbamates (subject to hydrolysis) is 1. The fourth-order valence-corrected chi connectivity index (χ4v) is 2.81. The van der Waals surface area contributed by atoms with Crippen LogP contribution >= 0.6 is 0 Å². The van der Waals surface area contributed by atoms with Gasteiger partial charge in [0.15, 0.2) is 0 Å². The van der Waals surface area contributed by atoms with Crippen LogP contribution in [0.15, 0.2) is 30.3 Å². The maximum atomic E-state index is 13.7. The molecule has 1 aromatic carbocycles. The number of halogens is 7. The van der Waals surface area contributed by atoms with E-state index < -0.39 is 48.3 Å². The van der Waals surface area contributed by atoms with Crippen LogP contribution in [-0.4, -0.2) is 42.3 Å². The number of hydrogen-bond donors (Lipinski definition) is 2. The minimum absolute atomic E-state index is 0.453. The van der Waals surface area contributed by atoms with Crippen LogP contribution in [0.1, 0.15) is 37.9 Å². The first-order chi connectivity index (χ1) is 13.6. The molecule has 1 aromatic rings. The van der Waals surface area contributed by atoms with Gasteiger partial charge in [-0.05, 0) is 31.9 Å². The molecule has 0 radical (unpaired) electrons. The molecule has 168 valence electrons. The van der Waals surface area contributed by atoms with Crippen LogP contribution in [0.25, 0.3) is 6.08 Å². The first-order valence-corrected chi connectivity index (χ1v) is 8.87. The molecule has 2 rings (SSSR count). The molecule has 1 aliphatic carbocycles. The number of fused-ring (bicyclic) bond motifs is 1. The van der Waals surface area contributed by atoms with Crippen LogP contribution in [0.5, 0.6) is 0 Å². The van der Waals surface area contributed by atoms with Crippen molar-refractivity contribution < 1.29 is 40.3 Å². The average Bonchev–Trinajstić information content (AvgIpc) is 2.58. The van der Waals surface area contributed by atoms with E-state index in [9.17, 15) is 35.5 Å². The van der Waals surface area contributed by atoms with Crippen molar-refractivity contribution in [3.63, 3.8) is 0 Å². The van der Waals surface area contributed by atoms with E-state index in [1.165, 1.54) is 12.2 Å². The highest BCUT2D eigenvalue weighted by molar-refractivity contribution is 5.70. The van der Waals surface area contributed by atoms with Gasteiger partial charge in [0.2, 0.25) is 0 Å². The Hall–Kier alpha value is -2.30. The van der Waals surface area contributed by atoms with Gasteiger partial charge in [0, 0.05) is 0 Å². The number of benzene rings is 1. The number of carbonyl (C=O) groups excluding carboxylic acids is 1. The highest BCUT2D eigenvalue weighted by Gasteiger charge is 2.72. The summed E-state index contributed by atoms with van der Waals surface area (Å²) >= 11 is 0. The van der Waals surface area contributed by atoms with Gasteiger partial charge in [0.1, 0.15) is 5.60 Å². The molecule has 0 heterocycles. The summed E-state index contributed by atoms with van der Waals surface area (Å²) in [4.78, 5) is 12.2. The lowest BCUT2D eigenvalue weighted by Crippen LogP contribution is -2.58. The van der Waals surface area contributed by atoms with Crippen LogP contribution in [-0.2, 0) is 4.74 Å². The second kappa shape index (κ2) is 8.09. The van der Waals surface area contributed by atoms with Crippen LogP contribution in [0, 0.1) is 0 Å². The van der Waals surface area contributed by atoms with E-state index in [1.54, 1.807) is 45.0 Å². The SMILES string of the molecule is CC(C)(C)OC(=O)N[C@H]1c2ccccc2C=C[C@@H]1NCC(F)(F)C(F)(F)C(F)(F)F. The number of amides is 1. The van der Waals surface area contributed by atoms with Gasteiger partial charge >= 0.3 is 24.1 Å². The van der Waals surface area contributed by atoms with E-state index in [-0.39, 0.29) is 0 Å². The molecule has 11 heteroatoms. The zero-order valence-corrected chi connectivity index (χ0v) is 16.3. The molecule has 0 bridgehead atoms. The fraction of sp³-hybridized carbons (Fsp3) is 0.526. The van der Waals surface area contributed by atoms with Gasteiger partial charge in [-0.2, -0.15) is 30.7 Å². The van der Waals surface area contributed by atoms with Crippen molar-refractivity contribution in [2.75, 3.05) is 6.54 Å². The van der Waals surface area contributed by atoms with E-state index in [4.69, 9.17) is 4.74 Å². The number of ether oxygens (including phenoxy) is 1. The third kappa shape index (κ3) is 5.24. The topological polar surface area (TPSA) is 50.4 Å². The van der Waals surface area contributed by atoms with Gasteiger partial charge in [-0.15, -0.1) is 0 Å². The molecule has 0 aliphatic heterocycles. The molecule has 4 nitrogen and oxygen atoms in total. The van der Waals surface area contributed by atoms with Crippen LogP contribution in [0.2, 0.25) is 0 Å². The van der Waals surface area contributed by atoms with Crippen molar-refractivity contribution in [3.05, 3.63) is 41.5 Å². The second-order valence-electron chi connectivity index (χ2n) is 7.80. The Morgan fingerprint density at radius 3 is 2.20 bits per heavy atom. The Balaban J connectivity index is 2.24. The molecule has 0 saturated heterocycles. The van der Waals surface area contributed by atoms with Gasteiger partial charge in [-0.3, -0.25) is 0 Å². The van der Waals surface area contributed by atoms with Gasteiger partial charge in [0.05, 0.1) is 18.6 Å². The minimum Gasteiger partial charge on any atom is -0.444 e. The largest absolute Gasteiger partial charge is 0.459 e. The number of hydrogen-bond acceptors (Lipinski definition) is 3. The molecule has 0 spiro atoms. The van der Waals surface area contributed by atoms with Gasteiger partial charge in [0.25, 0.3) is 0 Å². The van der Waals surface area contributed by atoms with Crippen molar-refractivity contribution in [2.24, 2.45) is 0 Å². The van der Waals surface area contributed by atoms with E-state index >= 15 is 0 Å². The zero-order chi connectivity index (χ0) is 23.0. The Morgan fingerprint density at radius 1 is 1.03 bits per heavy atom. The van der Waals surface area contributed by atoms with E-state index in [1.807, 2.05) is 5.32 Å². The highest BCUT2D eigenvalue weighted by atomic mass is 19.4. The third-order valence-electron chi connectivity index (χ3n) is 4.22. The summed E-state index contributed by atoms with van der Waals surface area (Å²) in [6.07, 6.45) is -4.54. The standard InChI is InChI=1S/C19H21F7N2O2/c1-16(2,3)30-15(29)28-14-12-7-5-4-6-11(12)8-9-13(14)27-10-17(20,21)18(22,23)19(24,25)26/h4-9,13-14,27H,10H2,1-3H3,(H,28,29)/t13-,14-/m0/s1.